The van der Waals surface area contributed by atoms with E-state index >= 15 is 0 Å². The lowest BCUT2D eigenvalue weighted by atomic mass is 9.97. The first kappa shape index (κ1) is 19.2. The number of benzene rings is 2. The molecule has 1 aliphatic heterocycles. The second-order valence-corrected chi connectivity index (χ2v) is 7.07. The lowest BCUT2D eigenvalue weighted by Gasteiger charge is -2.31. The zero-order valence-electron chi connectivity index (χ0n) is 15.4. The quantitative estimate of drug-likeness (QED) is 0.661. The summed E-state index contributed by atoms with van der Waals surface area (Å²) in [7, 11) is 0. The Morgan fingerprint density at radius 1 is 1.10 bits per heavy atom. The highest BCUT2D eigenvalue weighted by molar-refractivity contribution is 5.94. The summed E-state index contributed by atoms with van der Waals surface area (Å²) in [4.78, 5) is 18.7. The third-order valence-corrected chi connectivity index (χ3v) is 4.98. The standard InChI is InChI=1S/C21H18F3N3O2/c22-16-6-3-13(4-7-16)10-19-25-20(29-26-19)15-2-1-9-27(12-15)21(28)14-5-8-17(23)18(24)11-14/h3-8,11,15H,1-2,9-10,12H2. The minimum absolute atomic E-state index is 0.104. The van der Waals surface area contributed by atoms with Gasteiger partial charge < -0.3 is 9.42 Å². The number of carbonyl (C=O) groups excluding carboxylic acids is 1. The first-order chi connectivity index (χ1) is 14.0. The molecule has 1 aromatic heterocycles. The van der Waals surface area contributed by atoms with Crippen LogP contribution in [0.3, 0.4) is 0 Å². The van der Waals surface area contributed by atoms with Gasteiger partial charge in [-0.1, -0.05) is 17.3 Å². The predicted molar refractivity (Wildman–Crippen MR) is 97.7 cm³/mol. The molecule has 0 spiro atoms. The Hall–Kier alpha value is -3.16. The number of halogens is 3. The van der Waals surface area contributed by atoms with Gasteiger partial charge in [-0.25, -0.2) is 13.2 Å². The number of hydrogen-bond donors (Lipinski definition) is 0. The monoisotopic (exact) mass is 401 g/mol. The SMILES string of the molecule is O=C(c1ccc(F)c(F)c1)N1CCCC(c2nc(Cc3ccc(F)cc3)no2)C1. The molecule has 5 nitrogen and oxygen atoms in total. The lowest BCUT2D eigenvalue weighted by molar-refractivity contribution is 0.0695. The van der Waals surface area contributed by atoms with Gasteiger partial charge in [-0.2, -0.15) is 4.98 Å². The molecule has 0 radical (unpaired) electrons. The largest absolute Gasteiger partial charge is 0.339 e. The van der Waals surface area contributed by atoms with Crippen LogP contribution in [-0.2, 0) is 6.42 Å². The van der Waals surface area contributed by atoms with Crippen molar-refractivity contribution in [1.82, 2.24) is 15.0 Å². The van der Waals surface area contributed by atoms with E-state index in [1.54, 1.807) is 17.0 Å². The molecule has 1 saturated heterocycles. The fraction of sp³-hybridized carbons (Fsp3) is 0.286. The number of nitrogens with zero attached hydrogens (tertiary/aromatic N) is 3. The van der Waals surface area contributed by atoms with E-state index in [1.807, 2.05) is 0 Å². The molecule has 1 atom stereocenters. The van der Waals surface area contributed by atoms with Gasteiger partial charge >= 0.3 is 0 Å². The van der Waals surface area contributed by atoms with Crippen LogP contribution in [0.2, 0.25) is 0 Å². The zero-order chi connectivity index (χ0) is 20.4. The van der Waals surface area contributed by atoms with Crippen LogP contribution in [-0.4, -0.2) is 34.0 Å². The van der Waals surface area contributed by atoms with Crippen molar-refractivity contribution in [3.8, 4) is 0 Å². The lowest BCUT2D eigenvalue weighted by Crippen LogP contribution is -2.39. The average Bonchev–Trinajstić information content (AvgIpc) is 3.20. The maximum absolute atomic E-state index is 13.5. The van der Waals surface area contributed by atoms with Crippen molar-refractivity contribution in [2.75, 3.05) is 13.1 Å². The van der Waals surface area contributed by atoms with Crippen LogP contribution in [0.1, 0.15) is 46.4 Å². The molecule has 29 heavy (non-hydrogen) atoms. The molecule has 8 heteroatoms. The number of hydrogen-bond acceptors (Lipinski definition) is 4. The van der Waals surface area contributed by atoms with Gasteiger partial charge in [0.05, 0.1) is 5.92 Å². The van der Waals surface area contributed by atoms with Crippen molar-refractivity contribution < 1.29 is 22.5 Å². The highest BCUT2D eigenvalue weighted by atomic mass is 19.2. The topological polar surface area (TPSA) is 59.2 Å². The Balaban J connectivity index is 1.44. The highest BCUT2D eigenvalue weighted by Crippen LogP contribution is 2.27. The number of amides is 1. The van der Waals surface area contributed by atoms with Gasteiger partial charge in [-0.05, 0) is 48.7 Å². The van der Waals surface area contributed by atoms with Gasteiger partial charge in [0, 0.05) is 25.1 Å². The molecule has 1 aliphatic rings. The second kappa shape index (κ2) is 8.06. The molecular weight excluding hydrogens is 383 g/mol. The molecule has 1 unspecified atom stereocenters. The Labute approximate surface area is 165 Å². The number of carbonyl (C=O) groups is 1. The predicted octanol–water partition coefficient (Wildman–Crippen LogP) is 4.10. The summed E-state index contributed by atoms with van der Waals surface area (Å²) in [6.07, 6.45) is 1.92. The number of likely N-dealkylation sites (tertiary alicyclic amines) is 1. The van der Waals surface area contributed by atoms with Crippen LogP contribution < -0.4 is 0 Å². The first-order valence-corrected chi connectivity index (χ1v) is 9.31. The van der Waals surface area contributed by atoms with E-state index in [-0.39, 0.29) is 23.2 Å². The molecule has 2 aromatic carbocycles. The Morgan fingerprint density at radius 3 is 2.66 bits per heavy atom. The molecule has 0 saturated carbocycles. The van der Waals surface area contributed by atoms with Crippen molar-refractivity contribution in [1.29, 1.82) is 0 Å². The molecule has 2 heterocycles. The Kier molecular flexibility index (Phi) is 5.33. The summed E-state index contributed by atoms with van der Waals surface area (Å²) in [6, 6.07) is 9.21. The van der Waals surface area contributed by atoms with Crippen LogP contribution in [0, 0.1) is 17.5 Å². The molecule has 150 valence electrons. The van der Waals surface area contributed by atoms with Crippen molar-refractivity contribution in [2.45, 2.75) is 25.2 Å². The molecule has 0 bridgehead atoms. The second-order valence-electron chi connectivity index (χ2n) is 7.07. The minimum Gasteiger partial charge on any atom is -0.339 e. The number of piperidine rings is 1. The molecular formula is C21H18F3N3O2. The van der Waals surface area contributed by atoms with Crippen molar-refractivity contribution >= 4 is 5.91 Å². The van der Waals surface area contributed by atoms with E-state index < -0.39 is 11.6 Å². The van der Waals surface area contributed by atoms with Crippen LogP contribution in [0.15, 0.2) is 47.0 Å². The molecule has 0 N–H and O–H groups in total. The summed E-state index contributed by atoms with van der Waals surface area (Å²) in [5, 5.41) is 3.98. The fourth-order valence-corrected chi connectivity index (χ4v) is 3.46. The minimum atomic E-state index is -1.05. The van der Waals surface area contributed by atoms with E-state index in [0.29, 0.717) is 31.2 Å². The maximum Gasteiger partial charge on any atom is 0.253 e. The molecule has 4 rings (SSSR count). The summed E-state index contributed by atoms with van der Waals surface area (Å²) >= 11 is 0. The highest BCUT2D eigenvalue weighted by Gasteiger charge is 2.29. The van der Waals surface area contributed by atoms with Gasteiger partial charge in [0.2, 0.25) is 5.89 Å². The van der Waals surface area contributed by atoms with Gasteiger partial charge in [-0.15, -0.1) is 0 Å². The normalized spacial score (nSPS) is 16.8. The first-order valence-electron chi connectivity index (χ1n) is 9.31. The van der Waals surface area contributed by atoms with Crippen LogP contribution in [0.25, 0.3) is 0 Å². The third kappa shape index (κ3) is 4.31. The van der Waals surface area contributed by atoms with Crippen LogP contribution >= 0.6 is 0 Å². The van der Waals surface area contributed by atoms with Gasteiger partial charge in [0.25, 0.3) is 5.91 Å². The van der Waals surface area contributed by atoms with E-state index in [0.717, 1.165) is 30.5 Å². The Morgan fingerprint density at radius 2 is 1.90 bits per heavy atom. The molecule has 1 amide bonds. The van der Waals surface area contributed by atoms with Gasteiger partial charge in [-0.3, -0.25) is 4.79 Å². The van der Waals surface area contributed by atoms with Crippen molar-refractivity contribution in [2.24, 2.45) is 0 Å². The summed E-state index contributed by atoms with van der Waals surface area (Å²) < 4.78 is 45.0. The summed E-state index contributed by atoms with van der Waals surface area (Å²) in [5.41, 5.74) is 0.963. The summed E-state index contributed by atoms with van der Waals surface area (Å²) in [5.74, 6) is -1.92. The smallest absolute Gasteiger partial charge is 0.253 e. The maximum atomic E-state index is 13.5. The number of rotatable bonds is 4. The van der Waals surface area contributed by atoms with E-state index in [2.05, 4.69) is 10.1 Å². The van der Waals surface area contributed by atoms with Gasteiger partial charge in [0.15, 0.2) is 17.5 Å². The zero-order valence-corrected chi connectivity index (χ0v) is 15.4. The number of aromatic nitrogens is 2. The molecule has 3 aromatic rings. The Bertz CT molecular complexity index is 1020. The third-order valence-electron chi connectivity index (χ3n) is 4.98. The van der Waals surface area contributed by atoms with Crippen molar-refractivity contribution in [3.05, 3.63) is 82.8 Å². The molecule has 0 aliphatic carbocycles. The fourth-order valence-electron chi connectivity index (χ4n) is 3.46. The van der Waals surface area contributed by atoms with E-state index in [1.165, 1.54) is 18.2 Å². The summed E-state index contributed by atoms with van der Waals surface area (Å²) in [6.45, 7) is 0.876. The van der Waals surface area contributed by atoms with Crippen LogP contribution in [0.5, 0.6) is 0 Å². The van der Waals surface area contributed by atoms with Gasteiger partial charge in [0.1, 0.15) is 5.82 Å². The van der Waals surface area contributed by atoms with E-state index in [4.69, 9.17) is 4.52 Å². The van der Waals surface area contributed by atoms with Crippen molar-refractivity contribution in [3.63, 3.8) is 0 Å². The van der Waals surface area contributed by atoms with E-state index in [9.17, 15) is 18.0 Å². The molecule has 1 fully saturated rings. The van der Waals surface area contributed by atoms with Crippen LogP contribution in [0.4, 0.5) is 13.2 Å². The average molecular weight is 401 g/mol.